The van der Waals surface area contributed by atoms with Gasteiger partial charge in [0, 0.05) is 13.2 Å². The smallest absolute Gasteiger partial charge is 0.406 e. The molecule has 9 heteroatoms. The highest BCUT2D eigenvalue weighted by Crippen LogP contribution is 2.23. The molecule has 1 aromatic carbocycles. The highest BCUT2D eigenvalue weighted by atomic mass is 32.2. The van der Waals surface area contributed by atoms with Gasteiger partial charge in [0.05, 0.1) is 11.5 Å². The van der Waals surface area contributed by atoms with Crippen LogP contribution < -0.4 is 9.46 Å². The number of halogens is 3. The maximum atomic E-state index is 12.0. The molecule has 1 N–H and O–H groups in total. The Bertz CT molecular complexity index is 543. The Morgan fingerprint density at radius 3 is 2.24 bits per heavy atom. The SMILES string of the molecule is CCC(COC)NS(=O)(=O)c1ccc(OC(F)(F)F)cc1. The normalized spacial score (nSPS) is 14.0. The largest absolute Gasteiger partial charge is 0.573 e. The molecule has 0 aromatic heterocycles. The van der Waals surface area contributed by atoms with Crippen LogP contribution in [0.5, 0.6) is 5.75 Å². The van der Waals surface area contributed by atoms with Gasteiger partial charge in [-0.1, -0.05) is 6.92 Å². The zero-order valence-corrected chi connectivity index (χ0v) is 12.3. The molecular weight excluding hydrogens is 311 g/mol. The van der Waals surface area contributed by atoms with E-state index < -0.39 is 28.2 Å². The first-order valence-electron chi connectivity index (χ1n) is 6.05. The molecule has 0 aliphatic rings. The van der Waals surface area contributed by atoms with Crippen LogP contribution in [0, 0.1) is 0 Å². The Morgan fingerprint density at radius 2 is 1.81 bits per heavy atom. The van der Waals surface area contributed by atoms with Gasteiger partial charge in [0.25, 0.3) is 0 Å². The number of ether oxygens (including phenoxy) is 2. The fraction of sp³-hybridized carbons (Fsp3) is 0.500. The van der Waals surface area contributed by atoms with Crippen LogP contribution >= 0.6 is 0 Å². The Kier molecular flexibility index (Phi) is 5.99. The highest BCUT2D eigenvalue weighted by Gasteiger charge is 2.31. The number of rotatable bonds is 7. The van der Waals surface area contributed by atoms with Gasteiger partial charge in [0.1, 0.15) is 5.75 Å². The maximum absolute atomic E-state index is 12.0. The van der Waals surface area contributed by atoms with Gasteiger partial charge in [-0.2, -0.15) is 0 Å². The molecule has 0 radical (unpaired) electrons. The minimum Gasteiger partial charge on any atom is -0.406 e. The molecule has 120 valence electrons. The molecular formula is C12H16F3NO4S. The monoisotopic (exact) mass is 327 g/mol. The molecule has 21 heavy (non-hydrogen) atoms. The van der Waals surface area contributed by atoms with Gasteiger partial charge in [-0.15, -0.1) is 13.2 Å². The van der Waals surface area contributed by atoms with Crippen molar-refractivity contribution in [2.24, 2.45) is 0 Å². The molecule has 0 spiro atoms. The van der Waals surface area contributed by atoms with E-state index in [1.807, 2.05) is 0 Å². The molecule has 0 saturated carbocycles. The molecule has 1 unspecified atom stereocenters. The van der Waals surface area contributed by atoms with E-state index in [4.69, 9.17) is 4.74 Å². The summed E-state index contributed by atoms with van der Waals surface area (Å²) in [4.78, 5) is -0.147. The van der Waals surface area contributed by atoms with Crippen molar-refractivity contribution in [1.82, 2.24) is 4.72 Å². The summed E-state index contributed by atoms with van der Waals surface area (Å²) >= 11 is 0. The third kappa shape index (κ3) is 5.90. The summed E-state index contributed by atoms with van der Waals surface area (Å²) in [5.74, 6) is -0.481. The summed E-state index contributed by atoms with van der Waals surface area (Å²) in [6.45, 7) is 1.98. The first-order chi connectivity index (χ1) is 9.68. The predicted molar refractivity (Wildman–Crippen MR) is 69.4 cm³/mol. The van der Waals surface area contributed by atoms with Crippen LogP contribution in [0.25, 0.3) is 0 Å². The molecule has 0 fully saturated rings. The molecule has 0 heterocycles. The topological polar surface area (TPSA) is 64.6 Å². The minimum absolute atomic E-state index is 0.147. The van der Waals surface area contributed by atoms with E-state index in [2.05, 4.69) is 9.46 Å². The second-order valence-electron chi connectivity index (χ2n) is 4.20. The maximum Gasteiger partial charge on any atom is 0.573 e. The lowest BCUT2D eigenvalue weighted by molar-refractivity contribution is -0.274. The molecule has 1 aromatic rings. The first kappa shape index (κ1) is 17.7. The van der Waals surface area contributed by atoms with Crippen molar-refractivity contribution in [1.29, 1.82) is 0 Å². The van der Waals surface area contributed by atoms with Gasteiger partial charge in [0.15, 0.2) is 0 Å². The van der Waals surface area contributed by atoms with E-state index in [0.717, 1.165) is 24.3 Å². The second-order valence-corrected chi connectivity index (χ2v) is 5.91. The fourth-order valence-corrected chi connectivity index (χ4v) is 2.85. The van der Waals surface area contributed by atoms with Crippen LogP contribution in [0.4, 0.5) is 13.2 Å². The Hall–Kier alpha value is -1.32. The molecule has 1 rings (SSSR count). The summed E-state index contributed by atoms with van der Waals surface area (Å²) < 4.78 is 71.1. The van der Waals surface area contributed by atoms with Crippen LogP contribution in [0.1, 0.15) is 13.3 Å². The van der Waals surface area contributed by atoms with Gasteiger partial charge in [-0.3, -0.25) is 0 Å². The third-order valence-corrected chi connectivity index (χ3v) is 4.09. The molecule has 0 saturated heterocycles. The first-order valence-corrected chi connectivity index (χ1v) is 7.53. The van der Waals surface area contributed by atoms with Crippen LogP contribution in [0.15, 0.2) is 29.2 Å². The molecule has 5 nitrogen and oxygen atoms in total. The van der Waals surface area contributed by atoms with E-state index in [-0.39, 0.29) is 11.5 Å². The van der Waals surface area contributed by atoms with Crippen molar-refractivity contribution in [3.05, 3.63) is 24.3 Å². The van der Waals surface area contributed by atoms with Gasteiger partial charge in [0.2, 0.25) is 10.0 Å². The summed E-state index contributed by atoms with van der Waals surface area (Å²) in [7, 11) is -2.38. The number of hydrogen-bond donors (Lipinski definition) is 1. The van der Waals surface area contributed by atoms with E-state index in [0.29, 0.717) is 6.42 Å². The summed E-state index contributed by atoms with van der Waals surface area (Å²) in [5, 5.41) is 0. The average molecular weight is 327 g/mol. The van der Waals surface area contributed by atoms with Crippen molar-refractivity contribution in [3.8, 4) is 5.75 Å². The average Bonchev–Trinajstić information content (AvgIpc) is 2.36. The van der Waals surface area contributed by atoms with Gasteiger partial charge >= 0.3 is 6.36 Å². The Labute approximate surface area is 121 Å². The minimum atomic E-state index is -4.82. The molecule has 1 atom stereocenters. The molecule has 0 bridgehead atoms. The summed E-state index contributed by atoms with van der Waals surface area (Å²) in [6, 6.07) is 3.57. The number of benzene rings is 1. The number of alkyl halides is 3. The second kappa shape index (κ2) is 7.10. The Morgan fingerprint density at radius 1 is 1.24 bits per heavy atom. The predicted octanol–water partition coefficient (Wildman–Crippen LogP) is 2.29. The van der Waals surface area contributed by atoms with Crippen LogP contribution in [0.3, 0.4) is 0 Å². The zero-order valence-electron chi connectivity index (χ0n) is 11.5. The van der Waals surface area contributed by atoms with Crippen molar-refractivity contribution < 1.29 is 31.1 Å². The van der Waals surface area contributed by atoms with E-state index in [1.165, 1.54) is 7.11 Å². The lowest BCUT2D eigenvalue weighted by atomic mass is 10.3. The Balaban J connectivity index is 2.84. The van der Waals surface area contributed by atoms with Gasteiger partial charge in [-0.25, -0.2) is 13.1 Å². The van der Waals surface area contributed by atoms with Crippen molar-refractivity contribution >= 4 is 10.0 Å². The van der Waals surface area contributed by atoms with E-state index in [1.54, 1.807) is 6.92 Å². The van der Waals surface area contributed by atoms with Crippen molar-refractivity contribution in [3.63, 3.8) is 0 Å². The lowest BCUT2D eigenvalue weighted by Gasteiger charge is -2.16. The van der Waals surface area contributed by atoms with Gasteiger partial charge in [-0.05, 0) is 30.7 Å². The standard InChI is InChI=1S/C12H16F3NO4S/c1-3-9(8-19-2)16-21(17,18)11-6-4-10(5-7-11)20-12(13,14)15/h4-7,9,16H,3,8H2,1-2H3. The number of nitrogens with one attached hydrogen (secondary N) is 1. The highest BCUT2D eigenvalue weighted by molar-refractivity contribution is 7.89. The van der Waals surface area contributed by atoms with E-state index >= 15 is 0 Å². The van der Waals surface area contributed by atoms with Gasteiger partial charge < -0.3 is 9.47 Å². The lowest BCUT2D eigenvalue weighted by Crippen LogP contribution is -2.37. The van der Waals surface area contributed by atoms with Crippen LogP contribution in [-0.2, 0) is 14.8 Å². The summed E-state index contributed by atoms with van der Waals surface area (Å²) in [6.07, 6.45) is -4.30. The molecule has 0 aliphatic heterocycles. The zero-order chi connectivity index (χ0) is 16.1. The summed E-state index contributed by atoms with van der Waals surface area (Å²) in [5.41, 5.74) is 0. The van der Waals surface area contributed by atoms with Crippen molar-refractivity contribution in [2.45, 2.75) is 30.6 Å². The van der Waals surface area contributed by atoms with Crippen LogP contribution in [-0.4, -0.2) is 34.5 Å². The number of sulfonamides is 1. The molecule has 0 amide bonds. The molecule has 0 aliphatic carbocycles. The fourth-order valence-electron chi connectivity index (χ4n) is 1.54. The van der Waals surface area contributed by atoms with E-state index in [9.17, 15) is 21.6 Å². The third-order valence-electron chi connectivity index (χ3n) is 2.55. The van der Waals surface area contributed by atoms with Crippen LogP contribution in [0.2, 0.25) is 0 Å². The number of methoxy groups -OCH3 is 1. The number of hydrogen-bond acceptors (Lipinski definition) is 4. The van der Waals surface area contributed by atoms with Crippen molar-refractivity contribution in [2.75, 3.05) is 13.7 Å². The quantitative estimate of drug-likeness (QED) is 0.834.